The van der Waals surface area contributed by atoms with Crippen molar-refractivity contribution < 1.29 is 51.1 Å². The van der Waals surface area contributed by atoms with Crippen molar-refractivity contribution in [2.45, 2.75) is 102 Å². The molecule has 2 saturated carbocycles. The number of hydrogen-bond acceptors (Lipinski definition) is 8. The van der Waals surface area contributed by atoms with E-state index >= 15 is 0 Å². The summed E-state index contributed by atoms with van der Waals surface area (Å²) in [7, 11) is 0. The molecule has 1 aromatic carbocycles. The summed E-state index contributed by atoms with van der Waals surface area (Å²) < 4.78 is 80.2. The minimum Gasteiger partial charge on any atom is -0.467 e. The normalized spacial score (nSPS) is 32.8. The lowest BCUT2D eigenvalue weighted by Crippen LogP contribution is -2.27. The van der Waals surface area contributed by atoms with Gasteiger partial charge in [-0.3, -0.25) is 4.79 Å². The Kier molecular flexibility index (Phi) is 10.7. The van der Waals surface area contributed by atoms with Crippen LogP contribution in [0.25, 0.3) is 0 Å². The molecule has 5 rings (SSSR count). The molecule has 2 aliphatic heterocycles. The summed E-state index contributed by atoms with van der Waals surface area (Å²) in [5.41, 5.74) is -0.999. The van der Waals surface area contributed by atoms with E-state index in [9.17, 15) is 18.0 Å². The predicted molar refractivity (Wildman–Crippen MR) is 145 cm³/mol. The maximum atomic E-state index is 13.8. The van der Waals surface area contributed by atoms with E-state index in [-0.39, 0.29) is 54.7 Å². The lowest BCUT2D eigenvalue weighted by molar-refractivity contribution is -0.143. The molecule has 1 aromatic rings. The van der Waals surface area contributed by atoms with Gasteiger partial charge < -0.3 is 33.2 Å². The second-order valence-corrected chi connectivity index (χ2v) is 12.2. The number of esters is 1. The predicted octanol–water partition coefficient (Wildman–Crippen LogP) is 5.94. The zero-order chi connectivity index (χ0) is 29.7. The van der Waals surface area contributed by atoms with Crippen LogP contribution in [0.2, 0.25) is 0 Å². The van der Waals surface area contributed by atoms with Crippen LogP contribution < -0.4 is 9.47 Å². The molecule has 0 radical (unpaired) electrons. The smallest absolute Gasteiger partial charge is 0.420 e. The molecule has 0 bridgehead atoms. The molecule has 0 N–H and O–H groups in total. The third kappa shape index (κ3) is 9.29. The van der Waals surface area contributed by atoms with Crippen molar-refractivity contribution in [2.24, 2.45) is 17.8 Å². The lowest BCUT2D eigenvalue weighted by Gasteiger charge is -2.28. The number of rotatable bonds is 14. The molecule has 11 heteroatoms. The van der Waals surface area contributed by atoms with Crippen molar-refractivity contribution in [1.29, 1.82) is 0 Å². The van der Waals surface area contributed by atoms with Crippen molar-refractivity contribution in [1.82, 2.24) is 0 Å². The van der Waals surface area contributed by atoms with E-state index in [1.165, 1.54) is 12.1 Å². The Morgan fingerprint density at radius 1 is 0.833 bits per heavy atom. The average Bonchev–Trinajstić information content (AvgIpc) is 3.87. The first-order valence-corrected chi connectivity index (χ1v) is 15.3. The van der Waals surface area contributed by atoms with Gasteiger partial charge in [0.15, 0.2) is 6.79 Å². The van der Waals surface area contributed by atoms with Crippen LogP contribution >= 0.6 is 0 Å². The quantitative estimate of drug-likeness (QED) is 0.112. The van der Waals surface area contributed by atoms with E-state index in [1.807, 2.05) is 13.8 Å². The van der Waals surface area contributed by atoms with Crippen molar-refractivity contribution in [3.63, 3.8) is 0 Å². The number of halogens is 3. The van der Waals surface area contributed by atoms with E-state index in [2.05, 4.69) is 0 Å². The van der Waals surface area contributed by atoms with Gasteiger partial charge in [-0.2, -0.15) is 13.2 Å². The SMILES string of the molecule is CC1OC1COCC1CCC(OCOc2ccc(OC(=O)C3CCC(COCC4OC4C)CC3)cc2C(F)(F)F)CC1. The molecule has 4 fully saturated rings. The standard InChI is InChI=1S/C31H43F3O8/c1-19-28(40-19)16-36-14-21-3-7-23(8-4-21)30(35)42-25-11-12-27(26(13-25)31(32,33)34)39-18-38-24-9-5-22(6-10-24)15-37-17-29-20(2)41-29/h11-13,19-24,28-29H,3-10,14-18H2,1-2H3. The Labute approximate surface area is 245 Å². The van der Waals surface area contributed by atoms with Crippen LogP contribution in [-0.2, 0) is 34.7 Å². The van der Waals surface area contributed by atoms with Crippen LogP contribution in [0.3, 0.4) is 0 Å². The fourth-order valence-corrected chi connectivity index (χ4v) is 5.86. The first-order valence-electron chi connectivity index (χ1n) is 15.3. The molecule has 42 heavy (non-hydrogen) atoms. The second-order valence-electron chi connectivity index (χ2n) is 12.2. The van der Waals surface area contributed by atoms with Crippen LogP contribution in [0.4, 0.5) is 13.2 Å². The van der Waals surface area contributed by atoms with Crippen LogP contribution in [0.5, 0.6) is 11.5 Å². The van der Waals surface area contributed by atoms with Gasteiger partial charge in [-0.1, -0.05) is 0 Å². The summed E-state index contributed by atoms with van der Waals surface area (Å²) >= 11 is 0. The highest BCUT2D eigenvalue weighted by Crippen LogP contribution is 2.39. The van der Waals surface area contributed by atoms with E-state index in [4.69, 9.17) is 33.2 Å². The number of carbonyl (C=O) groups excluding carboxylic acids is 1. The summed E-state index contributed by atoms with van der Waals surface area (Å²) in [6.45, 7) is 6.27. The molecular weight excluding hydrogens is 557 g/mol. The van der Waals surface area contributed by atoms with Crippen molar-refractivity contribution >= 4 is 5.97 Å². The average molecular weight is 601 g/mol. The van der Waals surface area contributed by atoms with Gasteiger partial charge in [-0.25, -0.2) is 0 Å². The van der Waals surface area contributed by atoms with Crippen molar-refractivity contribution in [3.05, 3.63) is 23.8 Å². The van der Waals surface area contributed by atoms with E-state index < -0.39 is 17.7 Å². The number of carbonyl (C=O) groups is 1. The van der Waals surface area contributed by atoms with Crippen molar-refractivity contribution in [2.75, 3.05) is 33.2 Å². The van der Waals surface area contributed by atoms with E-state index in [1.54, 1.807) is 0 Å². The van der Waals surface area contributed by atoms with Gasteiger partial charge in [-0.05, 0) is 95.2 Å². The first-order chi connectivity index (χ1) is 20.2. The highest BCUT2D eigenvalue weighted by Gasteiger charge is 2.37. The number of alkyl halides is 3. The zero-order valence-electron chi connectivity index (χ0n) is 24.4. The van der Waals surface area contributed by atoms with Gasteiger partial charge >= 0.3 is 12.1 Å². The van der Waals surface area contributed by atoms with Gasteiger partial charge in [0.2, 0.25) is 0 Å². The molecule has 0 aromatic heterocycles. The monoisotopic (exact) mass is 600 g/mol. The van der Waals surface area contributed by atoms with E-state index in [0.29, 0.717) is 51.1 Å². The van der Waals surface area contributed by atoms with Crippen LogP contribution in [0, 0.1) is 17.8 Å². The Hall–Kier alpha value is -1.92. The highest BCUT2D eigenvalue weighted by atomic mass is 19.4. The van der Waals surface area contributed by atoms with Crippen LogP contribution in [-0.4, -0.2) is 69.7 Å². The van der Waals surface area contributed by atoms with Gasteiger partial charge in [-0.15, -0.1) is 0 Å². The van der Waals surface area contributed by atoms with Gasteiger partial charge in [0.25, 0.3) is 0 Å². The Morgan fingerprint density at radius 2 is 1.38 bits per heavy atom. The molecule has 8 nitrogen and oxygen atoms in total. The summed E-state index contributed by atoms with van der Waals surface area (Å²) in [5.74, 6) is -0.535. The molecule has 0 amide bonds. The third-order valence-electron chi connectivity index (χ3n) is 8.91. The third-order valence-corrected chi connectivity index (χ3v) is 8.91. The number of benzene rings is 1. The molecule has 0 spiro atoms. The Balaban J connectivity index is 1.02. The molecule has 236 valence electrons. The van der Waals surface area contributed by atoms with Crippen molar-refractivity contribution in [3.8, 4) is 11.5 Å². The molecule has 4 atom stereocenters. The minimum atomic E-state index is -4.68. The highest BCUT2D eigenvalue weighted by molar-refractivity contribution is 5.75. The summed E-state index contributed by atoms with van der Waals surface area (Å²) in [4.78, 5) is 12.7. The largest absolute Gasteiger partial charge is 0.467 e. The number of ether oxygens (including phenoxy) is 7. The first kappa shape index (κ1) is 31.5. The maximum absolute atomic E-state index is 13.8. The zero-order valence-corrected chi connectivity index (χ0v) is 24.4. The topological polar surface area (TPSA) is 88.3 Å². The Bertz CT molecular complexity index is 1020. The molecule has 4 aliphatic rings. The molecule has 2 aliphatic carbocycles. The van der Waals surface area contributed by atoms with Gasteiger partial charge in [0.05, 0.1) is 37.4 Å². The lowest BCUT2D eigenvalue weighted by atomic mass is 9.82. The molecule has 2 saturated heterocycles. The fraction of sp³-hybridized carbons (Fsp3) is 0.774. The molecular formula is C31H43F3O8. The van der Waals surface area contributed by atoms with Crippen LogP contribution in [0.1, 0.15) is 70.8 Å². The second kappa shape index (κ2) is 14.2. The molecule has 2 heterocycles. The van der Waals surface area contributed by atoms with Gasteiger partial charge in [0, 0.05) is 13.2 Å². The maximum Gasteiger partial charge on any atom is 0.420 e. The summed E-state index contributed by atoms with van der Waals surface area (Å²) in [6, 6.07) is 3.35. The van der Waals surface area contributed by atoms with Crippen LogP contribution in [0.15, 0.2) is 18.2 Å². The number of hydrogen-bond donors (Lipinski definition) is 0. The summed E-state index contributed by atoms with van der Waals surface area (Å²) in [6.07, 6.45) is 2.56. The minimum absolute atomic E-state index is 0.0693. The summed E-state index contributed by atoms with van der Waals surface area (Å²) in [5, 5.41) is 0. The Morgan fingerprint density at radius 3 is 1.90 bits per heavy atom. The van der Waals surface area contributed by atoms with Gasteiger partial charge in [0.1, 0.15) is 29.3 Å². The van der Waals surface area contributed by atoms with E-state index in [0.717, 1.165) is 44.6 Å². The number of epoxide rings is 2. The molecule has 4 unspecified atom stereocenters. The fourth-order valence-electron chi connectivity index (χ4n) is 5.86.